The number of carbonyl (C=O) groups excluding carboxylic acids is 1. The van der Waals surface area contributed by atoms with Crippen molar-refractivity contribution in [1.82, 2.24) is 14.9 Å². The van der Waals surface area contributed by atoms with Crippen LogP contribution in [0.5, 0.6) is 0 Å². The predicted octanol–water partition coefficient (Wildman–Crippen LogP) is 3.04. The third-order valence-electron chi connectivity index (χ3n) is 4.22. The first-order valence-corrected chi connectivity index (χ1v) is 10.4. The Morgan fingerprint density at radius 1 is 1.10 bits per heavy atom. The number of nitrogens with zero attached hydrogens (tertiary/aromatic N) is 4. The van der Waals surface area contributed by atoms with Gasteiger partial charge in [0.25, 0.3) is 15.7 Å². The SMILES string of the molecule is O=C(c1cccnc1S(=O)(=O)C(F)(F)F)N1CCN(c2ncc(Cl)cc2Cl)CC1. The predicted molar refractivity (Wildman–Crippen MR) is 99.9 cm³/mol. The highest BCUT2D eigenvalue weighted by Gasteiger charge is 2.49. The Bertz CT molecular complexity index is 1040. The lowest BCUT2D eigenvalue weighted by Gasteiger charge is -2.35. The van der Waals surface area contributed by atoms with Crippen molar-refractivity contribution >= 4 is 44.8 Å². The van der Waals surface area contributed by atoms with Gasteiger partial charge in [-0.3, -0.25) is 4.79 Å². The molecule has 1 saturated heterocycles. The molecule has 3 heterocycles. The maximum absolute atomic E-state index is 12.9. The van der Waals surface area contributed by atoms with Crippen LogP contribution in [0.25, 0.3) is 0 Å². The second kappa shape index (κ2) is 7.96. The summed E-state index contributed by atoms with van der Waals surface area (Å²) in [4.78, 5) is 23.2. The van der Waals surface area contributed by atoms with Crippen LogP contribution in [0.2, 0.25) is 10.0 Å². The second-order valence-electron chi connectivity index (χ2n) is 6.04. The van der Waals surface area contributed by atoms with Gasteiger partial charge in [0.1, 0.15) is 5.82 Å². The monoisotopic (exact) mass is 468 g/mol. The zero-order chi connectivity index (χ0) is 21.4. The molecule has 2 aromatic heterocycles. The van der Waals surface area contributed by atoms with Gasteiger partial charge in [-0.05, 0) is 18.2 Å². The van der Waals surface area contributed by atoms with Crippen LogP contribution in [-0.4, -0.2) is 60.9 Å². The molecule has 0 atom stereocenters. The molecule has 1 aliphatic heterocycles. The Labute approximate surface area is 174 Å². The van der Waals surface area contributed by atoms with Crippen LogP contribution in [0.3, 0.4) is 0 Å². The summed E-state index contributed by atoms with van der Waals surface area (Å²) in [5.41, 5.74) is -6.19. The van der Waals surface area contributed by atoms with Gasteiger partial charge in [-0.15, -0.1) is 0 Å². The fourth-order valence-corrected chi connectivity index (χ4v) is 4.17. The molecule has 0 unspecified atom stereocenters. The van der Waals surface area contributed by atoms with Crippen molar-refractivity contribution in [2.45, 2.75) is 10.5 Å². The van der Waals surface area contributed by atoms with E-state index >= 15 is 0 Å². The van der Waals surface area contributed by atoms with Gasteiger partial charge in [-0.25, -0.2) is 18.4 Å². The van der Waals surface area contributed by atoms with E-state index in [2.05, 4.69) is 9.97 Å². The summed E-state index contributed by atoms with van der Waals surface area (Å²) in [5.74, 6) is -0.388. The summed E-state index contributed by atoms with van der Waals surface area (Å²) >= 11 is 11.9. The molecule has 0 bridgehead atoms. The standard InChI is InChI=1S/C16H13Cl2F3N4O3S/c17-10-8-12(18)13(23-9-10)24-4-6-25(7-5-24)15(26)11-2-1-3-22-14(11)29(27,28)16(19,20)21/h1-3,8-9H,4-7H2. The third kappa shape index (κ3) is 4.26. The Hall–Kier alpha value is -2.11. The summed E-state index contributed by atoms with van der Waals surface area (Å²) < 4.78 is 62.3. The number of pyridine rings is 2. The first-order valence-electron chi connectivity index (χ1n) is 8.14. The Kier molecular flexibility index (Phi) is 5.93. The van der Waals surface area contributed by atoms with Crippen molar-refractivity contribution in [2.75, 3.05) is 31.1 Å². The number of rotatable bonds is 3. The molecule has 0 aromatic carbocycles. The van der Waals surface area contributed by atoms with E-state index in [1.54, 1.807) is 4.90 Å². The average Bonchev–Trinajstić information content (AvgIpc) is 2.67. The average molecular weight is 469 g/mol. The summed E-state index contributed by atoms with van der Waals surface area (Å²) in [6.07, 6.45) is 2.31. The maximum atomic E-state index is 12.9. The molecule has 0 radical (unpaired) electrons. The van der Waals surface area contributed by atoms with Gasteiger partial charge in [0.15, 0.2) is 5.03 Å². The van der Waals surface area contributed by atoms with Crippen molar-refractivity contribution in [1.29, 1.82) is 0 Å². The van der Waals surface area contributed by atoms with Crippen LogP contribution in [0.4, 0.5) is 19.0 Å². The maximum Gasteiger partial charge on any atom is 0.503 e. The van der Waals surface area contributed by atoms with E-state index in [1.807, 2.05) is 0 Å². The van der Waals surface area contributed by atoms with Crippen molar-refractivity contribution in [3.8, 4) is 0 Å². The Morgan fingerprint density at radius 2 is 1.76 bits per heavy atom. The first-order chi connectivity index (χ1) is 13.5. The molecule has 29 heavy (non-hydrogen) atoms. The van der Waals surface area contributed by atoms with Gasteiger partial charge >= 0.3 is 5.51 Å². The number of hydrogen-bond acceptors (Lipinski definition) is 6. The molecule has 2 aromatic rings. The topological polar surface area (TPSA) is 83.5 Å². The van der Waals surface area contributed by atoms with Crippen LogP contribution in [0.1, 0.15) is 10.4 Å². The molecule has 0 saturated carbocycles. The lowest BCUT2D eigenvalue weighted by Crippen LogP contribution is -2.49. The van der Waals surface area contributed by atoms with E-state index < -0.39 is 31.8 Å². The summed E-state index contributed by atoms with van der Waals surface area (Å²) in [7, 11) is -5.76. The van der Waals surface area contributed by atoms with Crippen LogP contribution >= 0.6 is 23.2 Å². The number of aromatic nitrogens is 2. The molecule has 7 nitrogen and oxygen atoms in total. The lowest BCUT2D eigenvalue weighted by atomic mass is 10.2. The zero-order valence-electron chi connectivity index (χ0n) is 14.5. The molecule has 0 spiro atoms. The second-order valence-corrected chi connectivity index (χ2v) is 8.74. The summed E-state index contributed by atoms with van der Waals surface area (Å²) in [6, 6.07) is 3.74. The van der Waals surface area contributed by atoms with E-state index in [9.17, 15) is 26.4 Å². The minimum absolute atomic E-state index is 0.125. The number of sulfone groups is 1. The number of amides is 1. The smallest absolute Gasteiger partial charge is 0.352 e. The molecule has 1 amide bonds. The normalized spacial score (nSPS) is 15.5. The van der Waals surface area contributed by atoms with Crippen molar-refractivity contribution < 1.29 is 26.4 Å². The summed E-state index contributed by atoms with van der Waals surface area (Å²) in [6.45, 7) is 0.836. The quantitative estimate of drug-likeness (QED) is 0.688. The van der Waals surface area contributed by atoms with E-state index in [-0.39, 0.29) is 13.1 Å². The molecular formula is C16H13Cl2F3N4O3S. The minimum Gasteiger partial charge on any atom is -0.352 e. The fraction of sp³-hybridized carbons (Fsp3) is 0.312. The number of piperazine rings is 1. The van der Waals surface area contributed by atoms with Gasteiger partial charge in [0, 0.05) is 38.6 Å². The van der Waals surface area contributed by atoms with E-state index in [0.29, 0.717) is 29.0 Å². The highest BCUT2D eigenvalue weighted by Crippen LogP contribution is 2.32. The molecule has 1 fully saturated rings. The van der Waals surface area contributed by atoms with E-state index in [4.69, 9.17) is 23.2 Å². The van der Waals surface area contributed by atoms with Crippen LogP contribution < -0.4 is 4.90 Å². The molecule has 0 N–H and O–H groups in total. The number of alkyl halides is 3. The van der Waals surface area contributed by atoms with Crippen LogP contribution in [-0.2, 0) is 9.84 Å². The van der Waals surface area contributed by atoms with Crippen molar-refractivity contribution in [3.63, 3.8) is 0 Å². The van der Waals surface area contributed by atoms with Gasteiger partial charge < -0.3 is 9.80 Å². The molecule has 0 aliphatic carbocycles. The van der Waals surface area contributed by atoms with Gasteiger partial charge in [0.05, 0.1) is 15.6 Å². The zero-order valence-corrected chi connectivity index (χ0v) is 16.9. The molecule has 13 heteroatoms. The van der Waals surface area contributed by atoms with Crippen molar-refractivity contribution in [2.24, 2.45) is 0 Å². The minimum atomic E-state index is -5.76. The Balaban J connectivity index is 1.80. The number of hydrogen-bond donors (Lipinski definition) is 0. The van der Waals surface area contributed by atoms with Gasteiger partial charge in [-0.1, -0.05) is 23.2 Å². The van der Waals surface area contributed by atoms with Gasteiger partial charge in [-0.2, -0.15) is 13.2 Å². The molecular weight excluding hydrogens is 456 g/mol. The van der Waals surface area contributed by atoms with E-state index in [1.165, 1.54) is 23.2 Å². The first kappa shape index (κ1) is 21.6. The summed E-state index contributed by atoms with van der Waals surface area (Å²) in [5, 5.41) is -0.618. The number of anilines is 1. The molecule has 156 valence electrons. The number of carbonyl (C=O) groups is 1. The molecule has 3 rings (SSSR count). The highest BCUT2D eigenvalue weighted by atomic mass is 35.5. The highest BCUT2D eigenvalue weighted by molar-refractivity contribution is 7.92. The van der Waals surface area contributed by atoms with Crippen LogP contribution in [0.15, 0.2) is 35.6 Å². The number of halogens is 5. The van der Waals surface area contributed by atoms with Gasteiger partial charge in [0.2, 0.25) is 0 Å². The lowest BCUT2D eigenvalue weighted by molar-refractivity contribution is -0.0438. The van der Waals surface area contributed by atoms with E-state index in [0.717, 1.165) is 12.3 Å². The van der Waals surface area contributed by atoms with Crippen LogP contribution in [0, 0.1) is 0 Å². The molecule has 1 aliphatic rings. The Morgan fingerprint density at radius 3 is 2.34 bits per heavy atom. The third-order valence-corrected chi connectivity index (χ3v) is 6.14. The largest absolute Gasteiger partial charge is 0.503 e. The fourth-order valence-electron chi connectivity index (χ4n) is 2.81. The van der Waals surface area contributed by atoms with Crippen molar-refractivity contribution in [3.05, 3.63) is 46.2 Å².